The van der Waals surface area contributed by atoms with Gasteiger partial charge in [0, 0.05) is 33.9 Å². The quantitative estimate of drug-likeness (QED) is 0.108. The lowest BCUT2D eigenvalue weighted by Crippen LogP contribution is -2.36. The number of urea groups is 1. The first kappa shape index (κ1) is 33.6. The molecule has 0 spiro atoms. The number of rotatable bonds is 12. The third kappa shape index (κ3) is 7.36. The average molecular weight is 615 g/mol. The molecule has 2 aliphatic rings. The number of hydrogen-bond donors (Lipinski definition) is 12. The van der Waals surface area contributed by atoms with Crippen LogP contribution in [-0.4, -0.2) is 106 Å². The van der Waals surface area contributed by atoms with Gasteiger partial charge in [-0.3, -0.25) is 4.79 Å². The molecular weight excluding hydrogens is 576 g/mol. The highest BCUT2D eigenvalue weighted by Gasteiger charge is 2.42. The van der Waals surface area contributed by atoms with Crippen molar-refractivity contribution in [2.45, 2.75) is 67.9 Å². The second kappa shape index (κ2) is 15.0. The molecule has 2 fully saturated rings. The Kier molecular flexibility index (Phi) is 12.0. The fraction of sp³-hybridized carbons (Fsp3) is 0.556. The Morgan fingerprint density at radius 2 is 1.50 bits per heavy atom. The third-order valence-electron chi connectivity index (χ3n) is 7.36. The first-order valence-electron chi connectivity index (χ1n) is 13.4. The monoisotopic (exact) mass is 614 g/mol. The maximum Gasteiger partial charge on any atom is 0.315 e. The average Bonchev–Trinajstić information content (AvgIpc) is 3.53. The van der Waals surface area contributed by atoms with Crippen LogP contribution in [0.2, 0.25) is 0 Å². The van der Waals surface area contributed by atoms with Gasteiger partial charge in [-0.05, 0) is 41.5 Å². The van der Waals surface area contributed by atoms with Crippen LogP contribution >= 0.6 is 11.8 Å². The molecule has 234 valence electrons. The van der Waals surface area contributed by atoms with E-state index in [9.17, 15) is 55.5 Å². The van der Waals surface area contributed by atoms with E-state index in [4.69, 9.17) is 5.11 Å². The number of carboxylic acids is 1. The zero-order valence-electron chi connectivity index (χ0n) is 22.7. The highest BCUT2D eigenvalue weighted by atomic mass is 32.2. The number of aliphatic hydroxyl groups is 7. The number of amides is 2. The second-order valence-electron chi connectivity index (χ2n) is 10.1. The van der Waals surface area contributed by atoms with Crippen molar-refractivity contribution in [2.24, 2.45) is 0 Å². The standard InChI is InChI=1S/C17H22O9.C10H16N2O3S/c18-3-7-1-8-9(2-10(7)22)17(26)16(13(25)6-21)15(12(24)5-20)14(8)11(23)4-19;13-8(14)4-2-1-3-7-9-6(5-16-7)11-10(15)12-9/h1-2,11-13,18-26H,3-6H2;6-7,9H,1-5H2,(H,13,14)(H2,11,12,15)/t;6-,7-,9-/m.0/s1. The summed E-state index contributed by atoms with van der Waals surface area (Å²) >= 11 is 1.87. The van der Waals surface area contributed by atoms with E-state index in [0.717, 1.165) is 31.1 Å². The Bertz CT molecular complexity index is 1260. The van der Waals surface area contributed by atoms with Gasteiger partial charge in [-0.15, -0.1) is 0 Å². The van der Waals surface area contributed by atoms with Crippen molar-refractivity contribution >= 4 is 34.5 Å². The Labute approximate surface area is 245 Å². The fourth-order valence-electron chi connectivity index (χ4n) is 5.34. The van der Waals surface area contributed by atoms with Gasteiger partial charge in [0.2, 0.25) is 0 Å². The summed E-state index contributed by atoms with van der Waals surface area (Å²) in [5, 5.41) is 103. The number of unbranched alkanes of at least 4 members (excludes halogenated alkanes) is 1. The molecule has 0 bridgehead atoms. The summed E-state index contributed by atoms with van der Waals surface area (Å²) in [5.74, 6) is -0.711. The highest BCUT2D eigenvalue weighted by molar-refractivity contribution is 8.00. The maximum atomic E-state index is 11.1. The van der Waals surface area contributed by atoms with Crippen LogP contribution in [0.5, 0.6) is 11.5 Å². The molecule has 42 heavy (non-hydrogen) atoms. The zero-order valence-corrected chi connectivity index (χ0v) is 23.5. The number of fused-ring (bicyclic) bond motifs is 2. The van der Waals surface area contributed by atoms with Crippen molar-refractivity contribution < 1.29 is 60.7 Å². The number of thioether (sulfide) groups is 1. The van der Waals surface area contributed by atoms with Crippen molar-refractivity contribution in [1.82, 2.24) is 10.6 Å². The van der Waals surface area contributed by atoms with Crippen molar-refractivity contribution in [3.05, 3.63) is 34.4 Å². The zero-order chi connectivity index (χ0) is 31.1. The fourth-order valence-corrected chi connectivity index (χ4v) is 6.88. The number of carbonyl (C=O) groups is 2. The first-order valence-corrected chi connectivity index (χ1v) is 14.5. The number of carbonyl (C=O) groups excluding carboxylic acids is 1. The SMILES string of the molecule is O=C(O)CCCC[C@@H]1SC[C@@H]2NC(=O)N[C@@H]21.OCc1cc2c(C(O)CO)c(C(O)CO)c(C(O)CO)c(O)c2cc1O. The molecule has 3 unspecified atom stereocenters. The predicted octanol–water partition coefficient (Wildman–Crippen LogP) is -0.383. The van der Waals surface area contributed by atoms with Crippen molar-refractivity contribution in [1.29, 1.82) is 0 Å². The summed E-state index contributed by atoms with van der Waals surface area (Å²) in [6.45, 7) is -3.00. The third-order valence-corrected chi connectivity index (χ3v) is 8.86. The molecule has 0 aliphatic carbocycles. The minimum Gasteiger partial charge on any atom is -0.508 e. The number of hydrogen-bond acceptors (Lipinski definition) is 12. The summed E-state index contributed by atoms with van der Waals surface area (Å²) in [7, 11) is 0. The summed E-state index contributed by atoms with van der Waals surface area (Å²) in [4.78, 5) is 21.5. The summed E-state index contributed by atoms with van der Waals surface area (Å²) in [6, 6.07) is 2.78. The predicted molar refractivity (Wildman–Crippen MR) is 151 cm³/mol. The topological polar surface area (TPSA) is 260 Å². The van der Waals surface area contributed by atoms with Crippen molar-refractivity contribution in [3.8, 4) is 11.5 Å². The molecule has 15 heteroatoms. The molecule has 2 heterocycles. The molecular formula is C27H38N2O12S. The van der Waals surface area contributed by atoms with Crippen LogP contribution in [-0.2, 0) is 11.4 Å². The van der Waals surface area contributed by atoms with Gasteiger partial charge in [0.1, 0.15) is 29.8 Å². The Morgan fingerprint density at radius 1 is 0.881 bits per heavy atom. The molecule has 4 rings (SSSR count). The van der Waals surface area contributed by atoms with Gasteiger partial charge in [0.25, 0.3) is 0 Å². The number of nitrogens with one attached hydrogen (secondary N) is 2. The van der Waals surface area contributed by atoms with E-state index in [2.05, 4.69) is 10.6 Å². The molecule has 2 aromatic carbocycles. The van der Waals surface area contributed by atoms with Crippen molar-refractivity contribution in [3.63, 3.8) is 0 Å². The smallest absolute Gasteiger partial charge is 0.315 e. The molecule has 0 radical (unpaired) electrons. The maximum absolute atomic E-state index is 11.1. The second-order valence-corrected chi connectivity index (χ2v) is 11.4. The highest BCUT2D eigenvalue weighted by Crippen LogP contribution is 2.45. The van der Waals surface area contributed by atoms with E-state index in [1.165, 1.54) is 6.07 Å². The van der Waals surface area contributed by atoms with E-state index in [1.54, 1.807) is 0 Å². The lowest BCUT2D eigenvalue weighted by Gasteiger charge is -2.26. The largest absolute Gasteiger partial charge is 0.508 e. The molecule has 2 saturated heterocycles. The Balaban J connectivity index is 0.000000258. The van der Waals surface area contributed by atoms with E-state index >= 15 is 0 Å². The van der Waals surface area contributed by atoms with Gasteiger partial charge in [-0.25, -0.2) is 4.79 Å². The van der Waals surface area contributed by atoms with Gasteiger partial charge >= 0.3 is 12.0 Å². The molecule has 2 aliphatic heterocycles. The van der Waals surface area contributed by atoms with Gasteiger partial charge in [-0.2, -0.15) is 11.8 Å². The number of aromatic hydroxyl groups is 2. The van der Waals surface area contributed by atoms with Crippen LogP contribution in [0.3, 0.4) is 0 Å². The molecule has 2 aromatic rings. The van der Waals surface area contributed by atoms with E-state index in [-0.39, 0.29) is 63.3 Å². The van der Waals surface area contributed by atoms with E-state index in [1.807, 2.05) is 11.8 Å². The number of benzene rings is 2. The lowest BCUT2D eigenvalue weighted by atomic mass is 9.84. The van der Waals surface area contributed by atoms with E-state index in [0.29, 0.717) is 5.25 Å². The molecule has 12 N–H and O–H groups in total. The van der Waals surface area contributed by atoms with Gasteiger partial charge in [0.15, 0.2) is 0 Å². The molecule has 6 atom stereocenters. The number of aliphatic hydroxyl groups excluding tert-OH is 7. The summed E-state index contributed by atoms with van der Waals surface area (Å²) in [5.41, 5.74) is -0.655. The molecule has 0 aromatic heterocycles. The van der Waals surface area contributed by atoms with Crippen LogP contribution in [0.1, 0.15) is 66.2 Å². The minimum absolute atomic E-state index is 0.0430. The van der Waals surface area contributed by atoms with Gasteiger partial charge in [-0.1, -0.05) is 6.42 Å². The lowest BCUT2D eigenvalue weighted by molar-refractivity contribution is -0.137. The number of aliphatic carboxylic acids is 1. The summed E-state index contributed by atoms with van der Waals surface area (Å²) in [6.07, 6.45) is -2.01. The van der Waals surface area contributed by atoms with Gasteiger partial charge in [0.05, 0.1) is 38.5 Å². The van der Waals surface area contributed by atoms with Crippen LogP contribution in [0, 0.1) is 0 Å². The van der Waals surface area contributed by atoms with Crippen LogP contribution < -0.4 is 10.6 Å². The molecule has 0 saturated carbocycles. The normalized spacial score (nSPS) is 21.6. The number of phenols is 2. The van der Waals surface area contributed by atoms with Crippen molar-refractivity contribution in [2.75, 3.05) is 25.6 Å². The Hall–Kier alpha value is -2.89. The molecule has 14 nitrogen and oxygen atoms in total. The summed E-state index contributed by atoms with van der Waals surface area (Å²) < 4.78 is 0. The van der Waals surface area contributed by atoms with Crippen LogP contribution in [0.15, 0.2) is 12.1 Å². The molecule has 2 amide bonds. The van der Waals surface area contributed by atoms with Crippen LogP contribution in [0.25, 0.3) is 10.8 Å². The van der Waals surface area contributed by atoms with Gasteiger partial charge < -0.3 is 61.7 Å². The minimum atomic E-state index is -1.67. The number of carboxylic acid groups (broad SMARTS) is 1. The van der Waals surface area contributed by atoms with Crippen LogP contribution in [0.4, 0.5) is 4.79 Å². The van der Waals surface area contributed by atoms with E-state index < -0.39 is 56.5 Å². The Morgan fingerprint density at radius 3 is 2.10 bits per heavy atom. The first-order chi connectivity index (χ1) is 20.0. The number of phenolic OH excluding ortho intramolecular Hbond substituents is 1.